The van der Waals surface area contributed by atoms with E-state index in [0.717, 1.165) is 30.7 Å². The Morgan fingerprint density at radius 2 is 2.27 bits per heavy atom. The minimum Gasteiger partial charge on any atom is -0.455 e. The van der Waals surface area contributed by atoms with Gasteiger partial charge in [0.1, 0.15) is 12.2 Å². The standard InChI is InChI=1S/C17H21N3O2/c1-3-12(2)20-16(13-7-8-13)15(10-19-20)17(21)22-11-14-6-4-5-9-18-14/h4-6,9-10,12-13H,3,7-8,11H2,1-2H3. The molecule has 116 valence electrons. The topological polar surface area (TPSA) is 57.0 Å². The Balaban J connectivity index is 1.76. The van der Waals surface area contributed by atoms with Crippen LogP contribution in [-0.4, -0.2) is 20.7 Å². The predicted molar refractivity (Wildman–Crippen MR) is 82.6 cm³/mol. The Morgan fingerprint density at radius 3 is 2.91 bits per heavy atom. The highest BCUT2D eigenvalue weighted by Crippen LogP contribution is 2.42. The van der Waals surface area contributed by atoms with E-state index in [-0.39, 0.29) is 12.6 Å². The van der Waals surface area contributed by atoms with Gasteiger partial charge in [-0.1, -0.05) is 13.0 Å². The SMILES string of the molecule is CCC(C)n1ncc(C(=O)OCc2ccccn2)c1C1CC1. The average molecular weight is 299 g/mol. The zero-order chi connectivity index (χ0) is 15.5. The van der Waals surface area contributed by atoms with Gasteiger partial charge in [-0.2, -0.15) is 5.10 Å². The van der Waals surface area contributed by atoms with Crippen LogP contribution in [-0.2, 0) is 11.3 Å². The number of carbonyl (C=O) groups is 1. The number of hydrogen-bond donors (Lipinski definition) is 0. The van der Waals surface area contributed by atoms with Gasteiger partial charge in [-0.05, 0) is 38.3 Å². The minimum atomic E-state index is -0.304. The van der Waals surface area contributed by atoms with Crippen LogP contribution in [0.1, 0.15) is 66.8 Å². The Labute approximate surface area is 130 Å². The van der Waals surface area contributed by atoms with Gasteiger partial charge in [-0.25, -0.2) is 4.79 Å². The number of nitrogens with zero attached hydrogens (tertiary/aromatic N) is 3. The van der Waals surface area contributed by atoms with Gasteiger partial charge in [0.15, 0.2) is 0 Å². The highest BCUT2D eigenvalue weighted by atomic mass is 16.5. The molecule has 0 saturated heterocycles. The van der Waals surface area contributed by atoms with E-state index >= 15 is 0 Å². The lowest BCUT2D eigenvalue weighted by atomic mass is 10.1. The summed E-state index contributed by atoms with van der Waals surface area (Å²) in [5, 5.41) is 4.42. The second-order valence-corrected chi connectivity index (χ2v) is 5.82. The van der Waals surface area contributed by atoms with Crippen LogP contribution in [0, 0.1) is 0 Å². The molecule has 1 unspecified atom stereocenters. The third-order valence-electron chi connectivity index (χ3n) is 4.10. The normalized spacial score (nSPS) is 15.5. The molecule has 1 fully saturated rings. The maximum absolute atomic E-state index is 12.4. The Morgan fingerprint density at radius 1 is 1.45 bits per heavy atom. The predicted octanol–water partition coefficient (Wildman–Crippen LogP) is 3.48. The van der Waals surface area contributed by atoms with Gasteiger partial charge in [0.05, 0.1) is 17.6 Å². The molecule has 0 radical (unpaired) electrons. The maximum Gasteiger partial charge on any atom is 0.342 e. The Bertz CT molecular complexity index is 647. The monoisotopic (exact) mass is 299 g/mol. The summed E-state index contributed by atoms with van der Waals surface area (Å²) in [6, 6.07) is 5.87. The van der Waals surface area contributed by atoms with E-state index in [1.54, 1.807) is 12.4 Å². The van der Waals surface area contributed by atoms with E-state index in [0.29, 0.717) is 17.5 Å². The van der Waals surface area contributed by atoms with Crippen molar-refractivity contribution in [2.24, 2.45) is 0 Å². The van der Waals surface area contributed by atoms with E-state index in [2.05, 4.69) is 23.9 Å². The van der Waals surface area contributed by atoms with Crippen molar-refractivity contribution in [1.29, 1.82) is 0 Å². The first-order valence-electron chi connectivity index (χ1n) is 7.85. The van der Waals surface area contributed by atoms with Crippen LogP contribution in [0.25, 0.3) is 0 Å². The molecule has 2 aromatic rings. The van der Waals surface area contributed by atoms with Crippen molar-refractivity contribution < 1.29 is 9.53 Å². The quantitative estimate of drug-likeness (QED) is 0.766. The molecule has 1 aliphatic carbocycles. The molecular weight excluding hydrogens is 278 g/mol. The zero-order valence-corrected chi connectivity index (χ0v) is 13.0. The van der Waals surface area contributed by atoms with Crippen LogP contribution in [0.4, 0.5) is 0 Å². The second kappa shape index (κ2) is 6.30. The Kier molecular flexibility index (Phi) is 4.22. The van der Waals surface area contributed by atoms with E-state index in [1.807, 2.05) is 22.9 Å². The maximum atomic E-state index is 12.4. The van der Waals surface area contributed by atoms with Crippen LogP contribution in [0.15, 0.2) is 30.6 Å². The number of esters is 1. The molecular formula is C17H21N3O2. The van der Waals surface area contributed by atoms with Crippen molar-refractivity contribution in [2.45, 2.75) is 51.7 Å². The van der Waals surface area contributed by atoms with Crippen molar-refractivity contribution in [3.63, 3.8) is 0 Å². The van der Waals surface area contributed by atoms with Crippen LogP contribution in [0.2, 0.25) is 0 Å². The third kappa shape index (κ3) is 3.03. The minimum absolute atomic E-state index is 0.193. The van der Waals surface area contributed by atoms with Gasteiger partial charge in [0.25, 0.3) is 0 Å². The van der Waals surface area contributed by atoms with E-state index in [1.165, 1.54) is 0 Å². The molecule has 2 aromatic heterocycles. The third-order valence-corrected chi connectivity index (χ3v) is 4.10. The van der Waals surface area contributed by atoms with Crippen molar-refractivity contribution >= 4 is 5.97 Å². The molecule has 0 aliphatic heterocycles. The summed E-state index contributed by atoms with van der Waals surface area (Å²) in [6.45, 7) is 4.45. The molecule has 0 amide bonds. The molecule has 1 atom stereocenters. The highest BCUT2D eigenvalue weighted by Gasteiger charge is 2.33. The molecule has 0 bridgehead atoms. The smallest absolute Gasteiger partial charge is 0.342 e. The number of rotatable bonds is 6. The number of ether oxygens (including phenoxy) is 1. The Hall–Kier alpha value is -2.17. The molecule has 0 aromatic carbocycles. The van der Waals surface area contributed by atoms with Gasteiger partial charge in [-0.3, -0.25) is 9.67 Å². The first-order valence-corrected chi connectivity index (χ1v) is 7.85. The number of hydrogen-bond acceptors (Lipinski definition) is 4. The van der Waals surface area contributed by atoms with Gasteiger partial charge in [0, 0.05) is 18.2 Å². The average Bonchev–Trinajstić information content (AvgIpc) is 3.31. The lowest BCUT2D eigenvalue weighted by Crippen LogP contribution is -2.13. The molecule has 0 spiro atoms. The van der Waals surface area contributed by atoms with E-state index in [9.17, 15) is 4.79 Å². The van der Waals surface area contributed by atoms with Gasteiger partial charge in [0.2, 0.25) is 0 Å². The molecule has 1 aliphatic rings. The molecule has 22 heavy (non-hydrogen) atoms. The molecule has 5 heteroatoms. The number of aromatic nitrogens is 3. The van der Waals surface area contributed by atoms with Crippen molar-refractivity contribution in [2.75, 3.05) is 0 Å². The summed E-state index contributed by atoms with van der Waals surface area (Å²) in [5.74, 6) is 0.149. The second-order valence-electron chi connectivity index (χ2n) is 5.82. The summed E-state index contributed by atoms with van der Waals surface area (Å²) in [6.07, 6.45) is 6.59. The van der Waals surface area contributed by atoms with Crippen LogP contribution in [0.3, 0.4) is 0 Å². The summed E-state index contributed by atoms with van der Waals surface area (Å²) in [4.78, 5) is 16.6. The fourth-order valence-corrected chi connectivity index (χ4v) is 2.52. The summed E-state index contributed by atoms with van der Waals surface area (Å²) in [5.41, 5.74) is 2.40. The van der Waals surface area contributed by atoms with E-state index < -0.39 is 0 Å². The van der Waals surface area contributed by atoms with Crippen LogP contribution in [0.5, 0.6) is 0 Å². The van der Waals surface area contributed by atoms with Gasteiger partial charge in [-0.15, -0.1) is 0 Å². The summed E-state index contributed by atoms with van der Waals surface area (Å²) in [7, 11) is 0. The summed E-state index contributed by atoms with van der Waals surface area (Å²) >= 11 is 0. The van der Waals surface area contributed by atoms with Crippen LogP contribution >= 0.6 is 0 Å². The zero-order valence-electron chi connectivity index (χ0n) is 13.0. The summed E-state index contributed by atoms with van der Waals surface area (Å²) < 4.78 is 7.40. The molecule has 0 N–H and O–H groups in total. The first-order chi connectivity index (χ1) is 10.7. The lowest BCUT2D eigenvalue weighted by Gasteiger charge is -2.14. The first kappa shape index (κ1) is 14.8. The van der Waals surface area contributed by atoms with Crippen molar-refractivity contribution in [1.82, 2.24) is 14.8 Å². The fraction of sp³-hybridized carbons (Fsp3) is 0.471. The van der Waals surface area contributed by atoms with Crippen molar-refractivity contribution in [3.8, 4) is 0 Å². The van der Waals surface area contributed by atoms with Crippen molar-refractivity contribution in [3.05, 3.63) is 47.5 Å². The number of pyridine rings is 1. The highest BCUT2D eigenvalue weighted by molar-refractivity contribution is 5.90. The largest absolute Gasteiger partial charge is 0.455 e. The van der Waals surface area contributed by atoms with E-state index in [4.69, 9.17) is 4.74 Å². The van der Waals surface area contributed by atoms with Crippen LogP contribution < -0.4 is 0 Å². The number of carbonyl (C=O) groups excluding carboxylic acids is 1. The lowest BCUT2D eigenvalue weighted by molar-refractivity contribution is 0.0466. The molecule has 2 heterocycles. The van der Waals surface area contributed by atoms with Gasteiger partial charge < -0.3 is 4.74 Å². The molecule has 5 nitrogen and oxygen atoms in total. The molecule has 1 saturated carbocycles. The molecule has 3 rings (SSSR count). The fourth-order valence-electron chi connectivity index (χ4n) is 2.52. The van der Waals surface area contributed by atoms with Gasteiger partial charge >= 0.3 is 5.97 Å².